The molecule has 1 amide bonds. The summed E-state index contributed by atoms with van der Waals surface area (Å²) in [7, 11) is 0. The summed E-state index contributed by atoms with van der Waals surface area (Å²) in [5.74, 6) is -1.72. The fraction of sp³-hybridized carbons (Fsp3) is 0.111. The summed E-state index contributed by atoms with van der Waals surface area (Å²) in [6.07, 6.45) is -0.449. The van der Waals surface area contributed by atoms with Crippen molar-refractivity contribution in [2.24, 2.45) is 5.11 Å². The number of carbonyl (C=O) groups excluding carboxylic acids is 2. The third-order valence-corrected chi connectivity index (χ3v) is 1.60. The van der Waals surface area contributed by atoms with Crippen LogP contribution in [0.3, 0.4) is 0 Å². The Hall–Kier alpha value is -1.91. The maximum Gasteiger partial charge on any atom is 0.271 e. The molecule has 14 heavy (non-hydrogen) atoms. The molecule has 0 atom stereocenters. The molecule has 0 radical (unpaired) electrons. The molecule has 0 spiro atoms. The first-order valence-corrected chi connectivity index (χ1v) is 3.82. The molecule has 1 aromatic carbocycles. The first kappa shape index (κ1) is 10.2. The Kier molecular flexibility index (Phi) is 3.17. The van der Waals surface area contributed by atoms with Crippen LogP contribution in [0.5, 0.6) is 0 Å². The summed E-state index contributed by atoms with van der Waals surface area (Å²) in [5.41, 5.74) is 6.60. The second-order valence-electron chi connectivity index (χ2n) is 2.61. The number of nitrogens with zero attached hydrogens (tertiary/aromatic N) is 1. The second-order valence-corrected chi connectivity index (χ2v) is 2.61. The first-order valence-electron chi connectivity index (χ1n) is 3.82. The van der Waals surface area contributed by atoms with Gasteiger partial charge in [0, 0.05) is 5.56 Å². The van der Waals surface area contributed by atoms with Gasteiger partial charge in [0.25, 0.3) is 5.91 Å². The molecule has 0 aliphatic rings. The van der Waals surface area contributed by atoms with Crippen LogP contribution >= 0.6 is 0 Å². The van der Waals surface area contributed by atoms with Crippen molar-refractivity contribution < 1.29 is 14.0 Å². The monoisotopic (exact) mass is 194 g/mol. The highest BCUT2D eigenvalue weighted by atomic mass is 19.1. The van der Waals surface area contributed by atoms with Crippen LogP contribution < -0.4 is 0 Å². The lowest BCUT2D eigenvalue weighted by Gasteiger charge is -1.96. The van der Waals surface area contributed by atoms with E-state index in [0.717, 1.165) is 12.1 Å². The van der Waals surface area contributed by atoms with Crippen molar-refractivity contribution >= 4 is 11.7 Å². The van der Waals surface area contributed by atoms with Gasteiger partial charge in [-0.2, -0.15) is 0 Å². The Morgan fingerprint density at radius 1 is 1.29 bits per heavy atom. The van der Waals surface area contributed by atoms with Crippen molar-refractivity contribution in [3.05, 3.63) is 35.6 Å². The molecule has 0 aliphatic heterocycles. The average molecular weight is 194 g/mol. The Bertz CT molecular complexity index is 373. The quantitative estimate of drug-likeness (QED) is 0.454. The predicted octanol–water partition coefficient (Wildman–Crippen LogP) is 1.96. The fourth-order valence-electron chi connectivity index (χ4n) is 0.915. The zero-order chi connectivity index (χ0) is 10.6. The molecule has 0 aliphatic carbocycles. The predicted molar refractivity (Wildman–Crippen MR) is 45.5 cm³/mol. The minimum absolute atomic E-state index is 0.239. The Morgan fingerprint density at radius 2 is 1.86 bits per heavy atom. The fourth-order valence-corrected chi connectivity index (χ4v) is 0.915. The van der Waals surface area contributed by atoms with Gasteiger partial charge in [0.15, 0.2) is 5.78 Å². The van der Waals surface area contributed by atoms with Gasteiger partial charge >= 0.3 is 0 Å². The summed E-state index contributed by atoms with van der Waals surface area (Å²) in [4.78, 5) is 21.9. The minimum Gasteiger partial charge on any atom is -0.294 e. The molecule has 0 fully saturated rings. The molecule has 5 heteroatoms. The third-order valence-electron chi connectivity index (χ3n) is 1.60. The minimum atomic E-state index is -0.806. The van der Waals surface area contributed by atoms with Crippen LogP contribution in [0.2, 0.25) is 0 Å². The number of rotatable bonds is 3. The number of amides is 1. The molecule has 0 heterocycles. The zero-order valence-corrected chi connectivity index (χ0v) is 7.16. The van der Waals surface area contributed by atoms with E-state index in [4.69, 9.17) is 5.53 Å². The van der Waals surface area contributed by atoms with E-state index >= 15 is 0 Å². The number of hydrogen-bond donors (Lipinski definition) is 1. The number of Topliss-reactive ketones (excluding diaryl/α,β-unsaturated/α-hetero) is 1. The van der Waals surface area contributed by atoms with Gasteiger partial charge < -0.3 is 0 Å². The van der Waals surface area contributed by atoms with Crippen molar-refractivity contribution in [3.8, 4) is 0 Å². The Labute approximate surface area is 79.3 Å². The summed E-state index contributed by atoms with van der Waals surface area (Å²) in [5, 5.41) is 2.59. The number of ketones is 1. The normalized spacial score (nSPS) is 9.50. The maximum absolute atomic E-state index is 12.5. The molecule has 0 unspecified atom stereocenters. The van der Waals surface area contributed by atoms with Crippen molar-refractivity contribution in [2.75, 3.05) is 0 Å². The SMILES string of the molecule is N=NC(=O)CC(=O)c1ccc(F)cc1. The largest absolute Gasteiger partial charge is 0.294 e. The van der Waals surface area contributed by atoms with E-state index in [-0.39, 0.29) is 5.56 Å². The highest BCUT2D eigenvalue weighted by Crippen LogP contribution is 2.06. The number of nitrogens with one attached hydrogen (secondary N) is 1. The van der Waals surface area contributed by atoms with Crippen molar-refractivity contribution in [1.29, 1.82) is 5.53 Å². The van der Waals surface area contributed by atoms with E-state index < -0.39 is 23.9 Å². The van der Waals surface area contributed by atoms with Gasteiger partial charge in [0.05, 0.1) is 6.42 Å². The Morgan fingerprint density at radius 3 is 2.36 bits per heavy atom. The van der Waals surface area contributed by atoms with Crippen molar-refractivity contribution in [2.45, 2.75) is 6.42 Å². The van der Waals surface area contributed by atoms with Crippen molar-refractivity contribution in [1.82, 2.24) is 0 Å². The molecular formula is C9H7FN2O2. The van der Waals surface area contributed by atoms with Crippen LogP contribution in [0.15, 0.2) is 29.4 Å². The maximum atomic E-state index is 12.5. The lowest BCUT2D eigenvalue weighted by atomic mass is 10.1. The smallest absolute Gasteiger partial charge is 0.271 e. The van der Waals surface area contributed by atoms with Crippen LogP contribution in [-0.4, -0.2) is 11.7 Å². The van der Waals surface area contributed by atoms with Crippen LogP contribution in [0, 0.1) is 11.3 Å². The van der Waals surface area contributed by atoms with Gasteiger partial charge in [-0.05, 0) is 24.3 Å². The summed E-state index contributed by atoms with van der Waals surface area (Å²) in [6, 6.07) is 4.84. The molecule has 0 saturated heterocycles. The lowest BCUT2D eigenvalue weighted by Crippen LogP contribution is -2.05. The highest BCUT2D eigenvalue weighted by molar-refractivity contribution is 6.07. The standard InChI is InChI=1S/C9H7FN2O2/c10-7-3-1-6(2-4-7)8(13)5-9(14)12-11/h1-4,11H,5H2. The van der Waals surface area contributed by atoms with Crippen LogP contribution in [0.4, 0.5) is 4.39 Å². The molecular weight excluding hydrogens is 187 g/mol. The van der Waals surface area contributed by atoms with Crippen LogP contribution in [-0.2, 0) is 4.79 Å². The first-order chi connectivity index (χ1) is 6.63. The Balaban J connectivity index is 2.75. The molecule has 1 aromatic rings. The van der Waals surface area contributed by atoms with Gasteiger partial charge in [0.2, 0.25) is 0 Å². The van der Waals surface area contributed by atoms with E-state index in [0.29, 0.717) is 0 Å². The molecule has 1 rings (SSSR count). The van der Waals surface area contributed by atoms with E-state index in [1.807, 2.05) is 0 Å². The van der Waals surface area contributed by atoms with E-state index in [2.05, 4.69) is 5.11 Å². The van der Waals surface area contributed by atoms with Crippen molar-refractivity contribution in [3.63, 3.8) is 0 Å². The molecule has 0 aromatic heterocycles. The molecule has 72 valence electrons. The van der Waals surface area contributed by atoms with E-state index in [1.165, 1.54) is 12.1 Å². The van der Waals surface area contributed by atoms with Gasteiger partial charge in [-0.15, -0.1) is 5.11 Å². The zero-order valence-electron chi connectivity index (χ0n) is 7.16. The molecule has 1 N–H and O–H groups in total. The number of carbonyl (C=O) groups is 2. The summed E-state index contributed by atoms with van der Waals surface area (Å²) in [6.45, 7) is 0. The highest BCUT2D eigenvalue weighted by Gasteiger charge is 2.10. The van der Waals surface area contributed by atoms with E-state index in [9.17, 15) is 14.0 Å². The lowest BCUT2D eigenvalue weighted by molar-refractivity contribution is -0.117. The average Bonchev–Trinajstić information content (AvgIpc) is 2.18. The van der Waals surface area contributed by atoms with E-state index in [1.54, 1.807) is 0 Å². The third kappa shape index (κ3) is 2.55. The number of benzene rings is 1. The van der Waals surface area contributed by atoms with Gasteiger partial charge in [-0.25, -0.2) is 9.92 Å². The topological polar surface area (TPSA) is 70.3 Å². The van der Waals surface area contributed by atoms with Crippen LogP contribution in [0.25, 0.3) is 0 Å². The number of halogens is 1. The van der Waals surface area contributed by atoms with Crippen LogP contribution in [0.1, 0.15) is 16.8 Å². The second kappa shape index (κ2) is 4.36. The molecule has 0 bridgehead atoms. The molecule has 4 nitrogen and oxygen atoms in total. The summed E-state index contributed by atoms with van der Waals surface area (Å²) < 4.78 is 12.5. The van der Waals surface area contributed by atoms with Gasteiger partial charge in [0.1, 0.15) is 5.82 Å². The molecule has 0 saturated carbocycles. The number of hydrogen-bond acceptors (Lipinski definition) is 3. The summed E-state index contributed by atoms with van der Waals surface area (Å²) >= 11 is 0. The van der Waals surface area contributed by atoms with Gasteiger partial charge in [-0.3, -0.25) is 9.59 Å². The van der Waals surface area contributed by atoms with Gasteiger partial charge in [-0.1, -0.05) is 0 Å².